The number of benzene rings is 2. The molecule has 0 bridgehead atoms. The van der Waals surface area contributed by atoms with Crippen LogP contribution in [-0.2, 0) is 5.72 Å². The third-order valence-electron chi connectivity index (χ3n) is 5.54. The molecule has 2 aromatic carbocycles. The van der Waals surface area contributed by atoms with Gasteiger partial charge in [-0.2, -0.15) is 0 Å². The van der Waals surface area contributed by atoms with E-state index in [-0.39, 0.29) is 0 Å². The van der Waals surface area contributed by atoms with E-state index in [0.29, 0.717) is 13.2 Å². The smallest absolute Gasteiger partial charge is 0.316 e. The second kappa shape index (κ2) is 7.21. The molecule has 0 aromatic heterocycles. The summed E-state index contributed by atoms with van der Waals surface area (Å²) in [6, 6.07) is 14.3. The van der Waals surface area contributed by atoms with Crippen molar-refractivity contribution in [3.8, 4) is 5.75 Å². The molecule has 0 saturated carbocycles. The van der Waals surface area contributed by atoms with E-state index in [1.807, 2.05) is 43.0 Å². The molecule has 0 saturated heterocycles. The van der Waals surface area contributed by atoms with Crippen LogP contribution in [0.1, 0.15) is 30.0 Å². The van der Waals surface area contributed by atoms with Crippen molar-refractivity contribution in [2.45, 2.75) is 32.9 Å². The molecule has 2 aliphatic heterocycles. The maximum Gasteiger partial charge on any atom is 0.316 e. The Bertz CT molecular complexity index is 878. The number of aliphatic hydroxyl groups is 1. The fraction of sp³-hybridized carbons (Fsp3) is 0.409. The first-order valence-electron chi connectivity index (χ1n) is 9.61. The molecule has 1 atom stereocenters. The lowest BCUT2D eigenvalue weighted by molar-refractivity contribution is -0.656. The van der Waals surface area contributed by atoms with E-state index in [1.54, 1.807) is 0 Å². The summed E-state index contributed by atoms with van der Waals surface area (Å²) in [5, 5.41) is 12.9. The van der Waals surface area contributed by atoms with E-state index >= 15 is 0 Å². The standard InChI is InChI=1S/C22H27N2O2S/c1-4-26-19-11-9-18(10-12-19)22(25)15-23(21-24(22)13-6-14-27-21)20-8-5-7-16(2)17(20)3/h5,7-12,25H,4,6,13-15H2,1-3H3/q+1. The SMILES string of the molecule is CCOc1ccc(C2(O)CN(c3cccc(C)c3C)C3=[N+]2CCCS3)cc1. The summed E-state index contributed by atoms with van der Waals surface area (Å²) in [6.07, 6.45) is 1.08. The highest BCUT2D eigenvalue weighted by Crippen LogP contribution is 2.39. The molecule has 1 N–H and O–H groups in total. The summed E-state index contributed by atoms with van der Waals surface area (Å²) in [4.78, 5) is 2.29. The lowest BCUT2D eigenvalue weighted by Gasteiger charge is -2.24. The average Bonchev–Trinajstić information content (AvgIpc) is 2.99. The Kier molecular flexibility index (Phi) is 4.91. The summed E-state index contributed by atoms with van der Waals surface area (Å²) in [5.74, 6) is 1.93. The molecule has 1 unspecified atom stereocenters. The van der Waals surface area contributed by atoms with Gasteiger partial charge in [0.05, 0.1) is 13.2 Å². The second-order valence-corrected chi connectivity index (χ2v) is 8.28. The van der Waals surface area contributed by atoms with Crippen LogP contribution in [-0.4, -0.2) is 40.3 Å². The highest BCUT2D eigenvalue weighted by atomic mass is 32.2. The maximum absolute atomic E-state index is 11.8. The number of anilines is 1. The first kappa shape index (κ1) is 18.4. The Morgan fingerprint density at radius 1 is 1.19 bits per heavy atom. The third kappa shape index (κ3) is 3.13. The Balaban J connectivity index is 1.76. The van der Waals surface area contributed by atoms with Gasteiger partial charge in [0, 0.05) is 11.3 Å². The van der Waals surface area contributed by atoms with E-state index in [2.05, 4.69) is 41.5 Å². The molecule has 27 heavy (non-hydrogen) atoms. The van der Waals surface area contributed by atoms with Crippen LogP contribution in [0.25, 0.3) is 0 Å². The lowest BCUT2D eigenvalue weighted by atomic mass is 10.0. The van der Waals surface area contributed by atoms with Crippen molar-refractivity contribution in [1.29, 1.82) is 0 Å². The maximum atomic E-state index is 11.8. The number of ether oxygens (including phenoxy) is 1. The summed E-state index contributed by atoms with van der Waals surface area (Å²) in [7, 11) is 0. The van der Waals surface area contributed by atoms with Gasteiger partial charge in [-0.1, -0.05) is 12.1 Å². The summed E-state index contributed by atoms with van der Waals surface area (Å²) in [5.41, 5.74) is 3.62. The van der Waals surface area contributed by atoms with Crippen LogP contribution in [0.3, 0.4) is 0 Å². The van der Waals surface area contributed by atoms with Gasteiger partial charge in [-0.15, -0.1) is 0 Å². The van der Waals surface area contributed by atoms with Gasteiger partial charge in [0.15, 0.2) is 6.54 Å². The lowest BCUT2D eigenvalue weighted by Crippen LogP contribution is -2.41. The summed E-state index contributed by atoms with van der Waals surface area (Å²) < 4.78 is 7.75. The van der Waals surface area contributed by atoms with Gasteiger partial charge in [-0.25, -0.2) is 9.48 Å². The number of hydrogen-bond acceptors (Lipinski definition) is 4. The highest BCUT2D eigenvalue weighted by Gasteiger charge is 2.53. The third-order valence-corrected chi connectivity index (χ3v) is 6.73. The van der Waals surface area contributed by atoms with Crippen molar-refractivity contribution in [1.82, 2.24) is 0 Å². The highest BCUT2D eigenvalue weighted by molar-refractivity contribution is 8.13. The average molecular weight is 384 g/mol. The molecule has 0 spiro atoms. The van der Waals surface area contributed by atoms with Crippen LogP contribution in [0.2, 0.25) is 0 Å². The Labute approximate surface area is 165 Å². The van der Waals surface area contributed by atoms with Gasteiger partial charge < -0.3 is 9.84 Å². The van der Waals surface area contributed by atoms with E-state index in [4.69, 9.17) is 4.74 Å². The molecule has 4 rings (SSSR count). The van der Waals surface area contributed by atoms with Gasteiger partial charge in [0.25, 0.3) is 5.72 Å². The molecule has 4 nitrogen and oxygen atoms in total. The molecule has 0 aliphatic carbocycles. The molecular weight excluding hydrogens is 356 g/mol. The van der Waals surface area contributed by atoms with Crippen LogP contribution in [0.4, 0.5) is 5.69 Å². The predicted molar refractivity (Wildman–Crippen MR) is 112 cm³/mol. The normalized spacial score (nSPS) is 22.1. The monoisotopic (exact) mass is 383 g/mol. The van der Waals surface area contributed by atoms with Crippen molar-refractivity contribution in [3.63, 3.8) is 0 Å². The van der Waals surface area contributed by atoms with Crippen molar-refractivity contribution >= 4 is 22.6 Å². The minimum absolute atomic E-state index is 0.535. The van der Waals surface area contributed by atoms with Crippen LogP contribution in [0, 0.1) is 13.8 Å². The number of hydrogen-bond donors (Lipinski definition) is 1. The zero-order chi connectivity index (χ0) is 19.0. The van der Waals surface area contributed by atoms with Gasteiger partial charge in [0.1, 0.15) is 11.4 Å². The van der Waals surface area contributed by atoms with Crippen molar-refractivity contribution in [3.05, 3.63) is 59.2 Å². The number of amidine groups is 1. The molecule has 142 valence electrons. The van der Waals surface area contributed by atoms with Gasteiger partial charge >= 0.3 is 5.17 Å². The van der Waals surface area contributed by atoms with Gasteiger partial charge in [-0.05, 0) is 80.4 Å². The minimum Gasteiger partial charge on any atom is -0.494 e. The fourth-order valence-corrected chi connectivity index (χ4v) is 5.12. The Hall–Kier alpha value is -1.98. The summed E-state index contributed by atoms with van der Waals surface area (Å²) >= 11 is 1.84. The van der Waals surface area contributed by atoms with Crippen LogP contribution < -0.4 is 9.64 Å². The number of aryl methyl sites for hydroxylation is 1. The minimum atomic E-state index is -1.02. The van der Waals surface area contributed by atoms with Crippen molar-refractivity contribution in [2.75, 3.05) is 30.3 Å². The van der Waals surface area contributed by atoms with E-state index in [9.17, 15) is 5.11 Å². The van der Waals surface area contributed by atoms with Gasteiger partial charge in [-0.3, -0.25) is 0 Å². The van der Waals surface area contributed by atoms with Gasteiger partial charge in [0.2, 0.25) is 0 Å². The first-order valence-corrected chi connectivity index (χ1v) is 10.6. The van der Waals surface area contributed by atoms with E-state index in [1.165, 1.54) is 16.8 Å². The van der Waals surface area contributed by atoms with Crippen molar-refractivity contribution < 1.29 is 14.4 Å². The number of rotatable bonds is 4. The Morgan fingerprint density at radius 2 is 1.96 bits per heavy atom. The topological polar surface area (TPSA) is 35.7 Å². The zero-order valence-electron chi connectivity index (χ0n) is 16.2. The quantitative estimate of drug-likeness (QED) is 0.813. The van der Waals surface area contributed by atoms with Crippen LogP contribution in [0.5, 0.6) is 5.75 Å². The fourth-order valence-electron chi connectivity index (χ4n) is 3.95. The summed E-state index contributed by atoms with van der Waals surface area (Å²) in [6.45, 7) is 8.33. The number of thioether (sulfide) groups is 1. The first-order chi connectivity index (χ1) is 13.0. The molecule has 0 radical (unpaired) electrons. The van der Waals surface area contributed by atoms with E-state index in [0.717, 1.165) is 35.2 Å². The molecule has 2 heterocycles. The largest absolute Gasteiger partial charge is 0.494 e. The number of β-amino-alcohol motifs (C(OH)–C–C–N with tert-alkyl or cyclic N) is 1. The molecule has 2 aliphatic rings. The molecule has 0 amide bonds. The zero-order valence-corrected chi connectivity index (χ0v) is 17.1. The predicted octanol–water partition coefficient (Wildman–Crippen LogP) is 3.87. The number of nitrogens with zero attached hydrogens (tertiary/aromatic N) is 2. The second-order valence-electron chi connectivity index (χ2n) is 7.22. The molecule has 0 fully saturated rings. The molecular formula is C22H27N2O2S+. The molecule has 5 heteroatoms. The molecule has 2 aromatic rings. The van der Waals surface area contributed by atoms with Crippen LogP contribution in [0.15, 0.2) is 42.5 Å². The van der Waals surface area contributed by atoms with Crippen molar-refractivity contribution in [2.24, 2.45) is 0 Å². The Morgan fingerprint density at radius 3 is 2.70 bits per heavy atom. The van der Waals surface area contributed by atoms with E-state index < -0.39 is 5.72 Å². The van der Waals surface area contributed by atoms with Crippen LogP contribution >= 0.6 is 11.8 Å².